The van der Waals surface area contributed by atoms with Crippen molar-refractivity contribution in [1.29, 1.82) is 0 Å². The van der Waals surface area contributed by atoms with Gasteiger partial charge in [-0.25, -0.2) is 0 Å². The van der Waals surface area contributed by atoms with Gasteiger partial charge in [-0.2, -0.15) is 0 Å². The molecule has 2 saturated heterocycles. The summed E-state index contributed by atoms with van der Waals surface area (Å²) in [4.78, 5) is 2.40. The molecule has 6 nitrogen and oxygen atoms in total. The van der Waals surface area contributed by atoms with Gasteiger partial charge in [0.05, 0.1) is 12.8 Å². The van der Waals surface area contributed by atoms with Crippen molar-refractivity contribution in [2.45, 2.75) is 25.4 Å². The van der Waals surface area contributed by atoms with Gasteiger partial charge >= 0.3 is 0 Å². The van der Waals surface area contributed by atoms with Crippen LogP contribution >= 0.6 is 0 Å². The summed E-state index contributed by atoms with van der Waals surface area (Å²) in [7, 11) is 0. The molecule has 4 rings (SSSR count). The lowest BCUT2D eigenvalue weighted by molar-refractivity contribution is 0.279. The smallest absolute Gasteiger partial charge is 0.283 e. The van der Waals surface area contributed by atoms with Gasteiger partial charge in [-0.05, 0) is 37.4 Å². The third-order valence-corrected chi connectivity index (χ3v) is 4.23. The van der Waals surface area contributed by atoms with Crippen LogP contribution in [0.2, 0.25) is 0 Å². The lowest BCUT2D eigenvalue weighted by Crippen LogP contribution is -2.40. The molecular formula is C14H18N4O2. The molecule has 2 aromatic rings. The number of nitrogens with zero attached hydrogens (tertiary/aromatic N) is 3. The fraction of sp³-hybridized carbons (Fsp3) is 0.571. The Hall–Kier alpha value is -1.66. The zero-order valence-electron chi connectivity index (χ0n) is 11.3. The van der Waals surface area contributed by atoms with Crippen LogP contribution in [0.15, 0.2) is 27.2 Å². The van der Waals surface area contributed by atoms with Gasteiger partial charge in [0.1, 0.15) is 0 Å². The van der Waals surface area contributed by atoms with Crippen molar-refractivity contribution in [3.05, 3.63) is 24.3 Å². The minimum Gasteiger partial charge on any atom is -0.459 e. The molecule has 1 N–H and O–H groups in total. The Balaban J connectivity index is 1.42. The molecule has 2 aromatic heterocycles. The van der Waals surface area contributed by atoms with E-state index in [1.807, 2.05) is 12.1 Å². The Morgan fingerprint density at radius 3 is 3.20 bits per heavy atom. The number of aromatic nitrogens is 2. The molecule has 0 radical (unpaired) electrons. The van der Waals surface area contributed by atoms with Crippen LogP contribution in [0.5, 0.6) is 0 Å². The molecule has 2 fully saturated rings. The molecule has 106 valence electrons. The highest BCUT2D eigenvalue weighted by molar-refractivity contribution is 5.42. The fourth-order valence-electron chi connectivity index (χ4n) is 3.27. The highest BCUT2D eigenvalue weighted by Gasteiger charge is 2.34. The largest absolute Gasteiger partial charge is 0.459 e. The topological polar surface area (TPSA) is 67.3 Å². The molecule has 0 aliphatic carbocycles. The minimum atomic E-state index is 0.458. The van der Waals surface area contributed by atoms with Gasteiger partial charge in [0, 0.05) is 19.1 Å². The standard InChI is InChI=1S/C14H18N4O2/c1-3-10-7-18(8-11(10)15-5-1)9-13-16-17-14(20-13)12-4-2-6-19-12/h2,4,6,10-11,15H,1,3,5,7-9H2/t10-,11+/m0/s1. The van der Waals surface area contributed by atoms with E-state index in [1.54, 1.807) is 6.26 Å². The Morgan fingerprint density at radius 1 is 1.35 bits per heavy atom. The van der Waals surface area contributed by atoms with Gasteiger partial charge < -0.3 is 14.2 Å². The number of nitrogens with one attached hydrogen (secondary N) is 1. The first-order valence-corrected chi connectivity index (χ1v) is 7.20. The van der Waals surface area contributed by atoms with Crippen LogP contribution in [0.4, 0.5) is 0 Å². The average Bonchev–Trinajstić information content (AvgIpc) is 3.18. The average molecular weight is 274 g/mol. The van der Waals surface area contributed by atoms with E-state index in [2.05, 4.69) is 20.4 Å². The van der Waals surface area contributed by atoms with Crippen molar-refractivity contribution < 1.29 is 8.83 Å². The highest BCUT2D eigenvalue weighted by Crippen LogP contribution is 2.26. The van der Waals surface area contributed by atoms with Crippen LogP contribution in [-0.2, 0) is 6.54 Å². The minimum absolute atomic E-state index is 0.458. The van der Waals surface area contributed by atoms with E-state index in [-0.39, 0.29) is 0 Å². The van der Waals surface area contributed by atoms with E-state index in [4.69, 9.17) is 8.83 Å². The monoisotopic (exact) mass is 274 g/mol. The van der Waals surface area contributed by atoms with Crippen LogP contribution in [0.25, 0.3) is 11.7 Å². The van der Waals surface area contributed by atoms with Gasteiger partial charge in [-0.3, -0.25) is 4.90 Å². The summed E-state index contributed by atoms with van der Waals surface area (Å²) in [6.07, 6.45) is 4.23. The fourth-order valence-corrected chi connectivity index (χ4v) is 3.27. The molecule has 0 amide bonds. The summed E-state index contributed by atoms with van der Waals surface area (Å²) in [5.74, 6) is 2.52. The quantitative estimate of drug-likeness (QED) is 0.915. The lowest BCUT2D eigenvalue weighted by atomic mass is 9.94. The summed E-state index contributed by atoms with van der Waals surface area (Å²) < 4.78 is 10.9. The van der Waals surface area contributed by atoms with Gasteiger partial charge in [0.15, 0.2) is 5.76 Å². The molecule has 0 aromatic carbocycles. The van der Waals surface area contributed by atoms with Crippen LogP contribution in [0.1, 0.15) is 18.7 Å². The van der Waals surface area contributed by atoms with Crippen LogP contribution in [0.3, 0.4) is 0 Å². The molecule has 2 aliphatic heterocycles. The molecule has 6 heteroatoms. The molecule has 2 atom stereocenters. The zero-order chi connectivity index (χ0) is 13.4. The molecule has 2 aliphatic rings. The third kappa shape index (κ3) is 2.25. The summed E-state index contributed by atoms with van der Waals surface area (Å²) in [5, 5.41) is 11.8. The summed E-state index contributed by atoms with van der Waals surface area (Å²) in [6, 6.07) is 4.28. The van der Waals surface area contributed by atoms with E-state index >= 15 is 0 Å². The maximum atomic E-state index is 5.67. The third-order valence-electron chi connectivity index (χ3n) is 4.23. The van der Waals surface area contributed by atoms with Crippen LogP contribution < -0.4 is 5.32 Å². The van der Waals surface area contributed by atoms with Crippen molar-refractivity contribution >= 4 is 0 Å². The Morgan fingerprint density at radius 2 is 2.35 bits per heavy atom. The van der Waals surface area contributed by atoms with Gasteiger partial charge in [-0.1, -0.05) is 0 Å². The van der Waals surface area contributed by atoms with Crippen molar-refractivity contribution in [1.82, 2.24) is 20.4 Å². The first-order valence-electron chi connectivity index (χ1n) is 7.20. The second-order valence-electron chi connectivity index (χ2n) is 5.64. The number of rotatable bonds is 3. The first-order chi connectivity index (χ1) is 9.88. The van der Waals surface area contributed by atoms with Crippen molar-refractivity contribution in [2.24, 2.45) is 5.92 Å². The maximum Gasteiger partial charge on any atom is 0.283 e. The van der Waals surface area contributed by atoms with Crippen molar-refractivity contribution in [2.75, 3.05) is 19.6 Å². The maximum absolute atomic E-state index is 5.67. The number of piperidine rings is 1. The normalized spacial score (nSPS) is 26.8. The SMILES string of the molecule is c1coc(-c2nnc(CN3C[C@@H]4CCCN[C@@H]4C3)o2)c1. The number of hydrogen-bond donors (Lipinski definition) is 1. The number of furan rings is 1. The molecular weight excluding hydrogens is 256 g/mol. The zero-order valence-corrected chi connectivity index (χ0v) is 11.3. The van der Waals surface area contributed by atoms with E-state index in [0.717, 1.165) is 32.1 Å². The van der Waals surface area contributed by atoms with E-state index in [0.29, 0.717) is 23.6 Å². The van der Waals surface area contributed by atoms with E-state index in [9.17, 15) is 0 Å². The molecule has 0 saturated carbocycles. The van der Waals surface area contributed by atoms with E-state index in [1.165, 1.54) is 12.8 Å². The highest BCUT2D eigenvalue weighted by atomic mass is 16.4. The number of fused-ring (bicyclic) bond motifs is 1. The second-order valence-corrected chi connectivity index (χ2v) is 5.64. The Bertz CT molecular complexity index is 552. The number of hydrogen-bond acceptors (Lipinski definition) is 6. The van der Waals surface area contributed by atoms with Crippen LogP contribution in [0, 0.1) is 5.92 Å². The molecule has 20 heavy (non-hydrogen) atoms. The lowest BCUT2D eigenvalue weighted by Gasteiger charge is -2.24. The summed E-state index contributed by atoms with van der Waals surface area (Å²) in [6.45, 7) is 4.07. The van der Waals surface area contributed by atoms with Crippen molar-refractivity contribution in [3.63, 3.8) is 0 Å². The molecule has 4 heterocycles. The Kier molecular flexibility index (Phi) is 3.05. The summed E-state index contributed by atoms with van der Waals surface area (Å²) in [5.41, 5.74) is 0. The van der Waals surface area contributed by atoms with Crippen LogP contribution in [-0.4, -0.2) is 40.8 Å². The predicted molar refractivity (Wildman–Crippen MR) is 71.8 cm³/mol. The second kappa shape index (κ2) is 5.03. The first kappa shape index (κ1) is 12.1. The summed E-state index contributed by atoms with van der Waals surface area (Å²) >= 11 is 0. The molecule has 0 spiro atoms. The molecule has 0 bridgehead atoms. The Labute approximate surface area is 117 Å². The van der Waals surface area contributed by atoms with E-state index < -0.39 is 0 Å². The molecule has 0 unspecified atom stereocenters. The number of likely N-dealkylation sites (tertiary alicyclic amines) is 1. The van der Waals surface area contributed by atoms with Crippen molar-refractivity contribution in [3.8, 4) is 11.7 Å². The predicted octanol–water partition coefficient (Wildman–Crippen LogP) is 1.51. The van der Waals surface area contributed by atoms with Gasteiger partial charge in [0.2, 0.25) is 5.89 Å². The van der Waals surface area contributed by atoms with Gasteiger partial charge in [0.25, 0.3) is 5.89 Å². The van der Waals surface area contributed by atoms with Gasteiger partial charge in [-0.15, -0.1) is 10.2 Å².